The van der Waals surface area contributed by atoms with Crippen molar-refractivity contribution < 1.29 is 9.32 Å². The molecule has 2 aromatic heterocycles. The highest BCUT2D eigenvalue weighted by atomic mass is 16.5. The number of rotatable bonds is 6. The number of nitrogens with zero attached hydrogens (tertiary/aromatic N) is 4. The summed E-state index contributed by atoms with van der Waals surface area (Å²) in [5, 5.41) is 7.00. The fraction of sp³-hybridized carbons (Fsp3) is 0.312. The van der Waals surface area contributed by atoms with Crippen LogP contribution in [0.25, 0.3) is 10.9 Å². The average Bonchev–Trinajstić information content (AvgIpc) is 3.01. The molecule has 8 nitrogen and oxygen atoms in total. The highest BCUT2D eigenvalue weighted by Gasteiger charge is 2.07. The van der Waals surface area contributed by atoms with Gasteiger partial charge in [-0.3, -0.25) is 14.2 Å². The first-order valence-corrected chi connectivity index (χ1v) is 7.63. The highest BCUT2D eigenvalue weighted by Crippen LogP contribution is 2.05. The van der Waals surface area contributed by atoms with E-state index in [0.29, 0.717) is 42.0 Å². The molecular formula is C16H17N5O3. The lowest BCUT2D eigenvalue weighted by atomic mass is 10.2. The lowest BCUT2D eigenvalue weighted by Gasteiger charge is -2.06. The molecular weight excluding hydrogens is 310 g/mol. The van der Waals surface area contributed by atoms with Crippen LogP contribution in [0.5, 0.6) is 0 Å². The summed E-state index contributed by atoms with van der Waals surface area (Å²) < 4.78 is 6.35. The zero-order valence-corrected chi connectivity index (χ0v) is 13.2. The fourth-order valence-electron chi connectivity index (χ4n) is 2.35. The average molecular weight is 327 g/mol. The van der Waals surface area contributed by atoms with E-state index in [-0.39, 0.29) is 18.0 Å². The van der Waals surface area contributed by atoms with Crippen molar-refractivity contribution in [1.29, 1.82) is 0 Å². The Balaban J connectivity index is 1.52. The van der Waals surface area contributed by atoms with Crippen molar-refractivity contribution in [2.45, 2.75) is 32.9 Å². The smallest absolute Gasteiger partial charge is 0.261 e. The number of fused-ring (bicyclic) bond motifs is 1. The van der Waals surface area contributed by atoms with Crippen LogP contribution in [0.3, 0.4) is 0 Å². The van der Waals surface area contributed by atoms with Gasteiger partial charge in [0.25, 0.3) is 5.56 Å². The molecule has 124 valence electrons. The zero-order valence-electron chi connectivity index (χ0n) is 13.2. The second kappa shape index (κ2) is 7.03. The van der Waals surface area contributed by atoms with Crippen LogP contribution in [0.15, 0.2) is 39.9 Å². The summed E-state index contributed by atoms with van der Waals surface area (Å²) in [4.78, 5) is 32.4. The van der Waals surface area contributed by atoms with Gasteiger partial charge >= 0.3 is 0 Å². The molecule has 0 radical (unpaired) electrons. The lowest BCUT2D eigenvalue weighted by molar-refractivity contribution is -0.121. The lowest BCUT2D eigenvalue weighted by Crippen LogP contribution is -2.25. The summed E-state index contributed by atoms with van der Waals surface area (Å²) in [6, 6.07) is 7.20. The predicted octanol–water partition coefficient (Wildman–Crippen LogP) is 1.18. The third kappa shape index (κ3) is 3.65. The molecule has 1 N–H and O–H groups in total. The number of para-hydroxylation sites is 1. The Morgan fingerprint density at radius 1 is 1.33 bits per heavy atom. The van der Waals surface area contributed by atoms with E-state index in [4.69, 9.17) is 4.52 Å². The Bertz CT molecular complexity index is 915. The van der Waals surface area contributed by atoms with Crippen LogP contribution >= 0.6 is 0 Å². The van der Waals surface area contributed by atoms with E-state index < -0.39 is 0 Å². The van der Waals surface area contributed by atoms with Crippen molar-refractivity contribution in [1.82, 2.24) is 25.0 Å². The van der Waals surface area contributed by atoms with Crippen molar-refractivity contribution in [3.8, 4) is 0 Å². The van der Waals surface area contributed by atoms with E-state index in [2.05, 4.69) is 20.4 Å². The second-order valence-electron chi connectivity index (χ2n) is 5.37. The van der Waals surface area contributed by atoms with Crippen molar-refractivity contribution in [3.63, 3.8) is 0 Å². The van der Waals surface area contributed by atoms with Gasteiger partial charge in [-0.25, -0.2) is 4.98 Å². The van der Waals surface area contributed by atoms with Crippen LogP contribution in [0.2, 0.25) is 0 Å². The summed E-state index contributed by atoms with van der Waals surface area (Å²) in [6.45, 7) is 2.35. The summed E-state index contributed by atoms with van der Waals surface area (Å²) >= 11 is 0. The van der Waals surface area contributed by atoms with Crippen molar-refractivity contribution >= 4 is 16.8 Å². The molecule has 0 aliphatic heterocycles. The quantitative estimate of drug-likeness (QED) is 0.729. The van der Waals surface area contributed by atoms with Gasteiger partial charge < -0.3 is 9.84 Å². The molecule has 0 aliphatic carbocycles. The van der Waals surface area contributed by atoms with Gasteiger partial charge in [-0.05, 0) is 18.6 Å². The number of carbonyl (C=O) groups excluding carboxylic acids is 1. The molecule has 1 aromatic carbocycles. The predicted molar refractivity (Wildman–Crippen MR) is 86.1 cm³/mol. The monoisotopic (exact) mass is 327 g/mol. The Hall–Kier alpha value is -3.03. The standard InChI is InChI=1S/C16H17N5O3/c1-11-19-14(20-24-11)9-17-15(22)7-4-8-21-10-18-13-6-3-2-5-12(13)16(21)23/h2-3,5-6,10H,4,7-9H2,1H3,(H,17,22). The van der Waals surface area contributed by atoms with E-state index in [0.717, 1.165) is 0 Å². The van der Waals surface area contributed by atoms with Crippen molar-refractivity contribution in [2.75, 3.05) is 0 Å². The molecule has 0 fully saturated rings. The van der Waals surface area contributed by atoms with Crippen molar-refractivity contribution in [3.05, 3.63) is 52.7 Å². The largest absolute Gasteiger partial charge is 0.349 e. The maximum absolute atomic E-state index is 12.3. The minimum atomic E-state index is -0.126. The number of hydrogen-bond acceptors (Lipinski definition) is 6. The minimum Gasteiger partial charge on any atom is -0.349 e. The number of amides is 1. The molecule has 0 aliphatic rings. The van der Waals surface area contributed by atoms with E-state index in [9.17, 15) is 9.59 Å². The first-order chi connectivity index (χ1) is 11.6. The summed E-state index contributed by atoms with van der Waals surface area (Å²) in [5.41, 5.74) is 0.579. The summed E-state index contributed by atoms with van der Waals surface area (Å²) in [7, 11) is 0. The maximum atomic E-state index is 12.3. The molecule has 8 heteroatoms. The number of hydrogen-bond donors (Lipinski definition) is 1. The molecule has 0 spiro atoms. The minimum absolute atomic E-state index is 0.0942. The molecule has 0 saturated carbocycles. The topological polar surface area (TPSA) is 103 Å². The molecule has 0 atom stereocenters. The fourth-order valence-corrected chi connectivity index (χ4v) is 2.35. The molecule has 1 amide bonds. The zero-order chi connectivity index (χ0) is 16.9. The number of carbonyl (C=O) groups is 1. The van der Waals surface area contributed by atoms with Crippen LogP contribution in [-0.2, 0) is 17.9 Å². The van der Waals surface area contributed by atoms with Gasteiger partial charge in [0.15, 0.2) is 5.82 Å². The molecule has 0 saturated heterocycles. The number of aryl methyl sites for hydroxylation is 2. The normalized spacial score (nSPS) is 10.9. The van der Waals surface area contributed by atoms with Gasteiger partial charge in [0, 0.05) is 19.9 Å². The Morgan fingerprint density at radius 2 is 2.17 bits per heavy atom. The van der Waals surface area contributed by atoms with E-state index >= 15 is 0 Å². The number of aromatic nitrogens is 4. The maximum Gasteiger partial charge on any atom is 0.261 e. The third-order valence-electron chi connectivity index (χ3n) is 3.55. The van der Waals surface area contributed by atoms with Crippen LogP contribution < -0.4 is 10.9 Å². The van der Waals surface area contributed by atoms with Crippen LogP contribution in [-0.4, -0.2) is 25.6 Å². The second-order valence-corrected chi connectivity index (χ2v) is 5.37. The van der Waals surface area contributed by atoms with Gasteiger partial charge in [0.05, 0.1) is 23.8 Å². The van der Waals surface area contributed by atoms with Gasteiger partial charge in [-0.15, -0.1) is 0 Å². The molecule has 24 heavy (non-hydrogen) atoms. The number of benzene rings is 1. The van der Waals surface area contributed by atoms with Gasteiger partial charge in [-0.1, -0.05) is 17.3 Å². The molecule has 2 heterocycles. The summed E-state index contributed by atoms with van der Waals surface area (Å²) in [6.07, 6.45) is 2.36. The molecule has 3 rings (SSSR count). The van der Waals surface area contributed by atoms with E-state index in [1.807, 2.05) is 12.1 Å². The van der Waals surface area contributed by atoms with Gasteiger partial charge in [0.2, 0.25) is 11.8 Å². The molecule has 0 unspecified atom stereocenters. The first-order valence-electron chi connectivity index (χ1n) is 7.63. The van der Waals surface area contributed by atoms with Crippen LogP contribution in [0, 0.1) is 6.92 Å². The Kier molecular flexibility index (Phi) is 4.64. The van der Waals surface area contributed by atoms with Crippen LogP contribution in [0.1, 0.15) is 24.6 Å². The van der Waals surface area contributed by atoms with E-state index in [1.165, 1.54) is 10.9 Å². The van der Waals surface area contributed by atoms with Crippen molar-refractivity contribution in [2.24, 2.45) is 0 Å². The van der Waals surface area contributed by atoms with Gasteiger partial charge in [0.1, 0.15) is 0 Å². The van der Waals surface area contributed by atoms with Gasteiger partial charge in [-0.2, -0.15) is 4.98 Å². The first kappa shape index (κ1) is 15.9. The number of nitrogens with one attached hydrogen (secondary N) is 1. The molecule has 3 aromatic rings. The Morgan fingerprint density at radius 3 is 2.96 bits per heavy atom. The van der Waals surface area contributed by atoms with E-state index in [1.54, 1.807) is 19.1 Å². The Labute approximate surface area is 137 Å². The van der Waals surface area contributed by atoms with Crippen LogP contribution in [0.4, 0.5) is 0 Å². The summed E-state index contributed by atoms with van der Waals surface area (Å²) in [5.74, 6) is 0.775. The highest BCUT2D eigenvalue weighted by molar-refractivity contribution is 5.77. The SMILES string of the molecule is Cc1nc(CNC(=O)CCCn2cnc3ccccc3c2=O)no1. The third-order valence-corrected chi connectivity index (χ3v) is 3.55. The molecule has 0 bridgehead atoms.